The topological polar surface area (TPSA) is 38.0 Å². The van der Waals surface area contributed by atoms with E-state index in [9.17, 15) is 0 Å². The molecular formula is C12H18N2. The summed E-state index contributed by atoms with van der Waals surface area (Å²) in [5.41, 5.74) is 8.74. The van der Waals surface area contributed by atoms with Gasteiger partial charge in [0.25, 0.3) is 0 Å². The molecule has 76 valence electrons. The second kappa shape index (κ2) is 4.11. The van der Waals surface area contributed by atoms with Crippen LogP contribution in [-0.2, 0) is 0 Å². The first-order valence-electron chi connectivity index (χ1n) is 5.33. The van der Waals surface area contributed by atoms with Crippen molar-refractivity contribution in [3.63, 3.8) is 0 Å². The Labute approximate surface area is 85.5 Å². The summed E-state index contributed by atoms with van der Waals surface area (Å²) in [4.78, 5) is 0. The predicted octanol–water partition coefficient (Wildman–Crippen LogP) is 1.75. The van der Waals surface area contributed by atoms with Crippen LogP contribution in [0.4, 0.5) is 0 Å². The van der Waals surface area contributed by atoms with Crippen molar-refractivity contribution < 1.29 is 0 Å². The fraction of sp³-hybridized carbons (Fsp3) is 0.500. The molecule has 0 aromatic heterocycles. The summed E-state index contributed by atoms with van der Waals surface area (Å²) in [6.07, 6.45) is 2.33. The summed E-state index contributed by atoms with van der Waals surface area (Å²) >= 11 is 0. The van der Waals surface area contributed by atoms with E-state index in [0.717, 1.165) is 13.0 Å². The smallest absolute Gasteiger partial charge is 0.0473 e. The van der Waals surface area contributed by atoms with Crippen LogP contribution in [-0.4, -0.2) is 12.6 Å². The minimum atomic E-state index is 0.269. The number of hydrogen-bond donors (Lipinski definition) is 2. The molecule has 1 aliphatic rings. The third-order valence-electron chi connectivity index (χ3n) is 2.91. The number of hydrogen-bond acceptors (Lipinski definition) is 2. The minimum absolute atomic E-state index is 0.269. The Morgan fingerprint density at radius 3 is 3.00 bits per heavy atom. The van der Waals surface area contributed by atoms with Crippen LogP contribution < -0.4 is 11.1 Å². The summed E-state index contributed by atoms with van der Waals surface area (Å²) in [6.45, 7) is 3.21. The van der Waals surface area contributed by atoms with Crippen molar-refractivity contribution >= 4 is 0 Å². The Morgan fingerprint density at radius 2 is 2.29 bits per heavy atom. The van der Waals surface area contributed by atoms with Gasteiger partial charge in [-0.15, -0.1) is 0 Å². The molecule has 1 heterocycles. The summed E-state index contributed by atoms with van der Waals surface area (Å²) in [5.74, 6) is 0. The number of nitrogens with two attached hydrogens (primary N) is 1. The van der Waals surface area contributed by atoms with Crippen molar-refractivity contribution in [1.82, 2.24) is 5.32 Å². The lowest BCUT2D eigenvalue weighted by Gasteiger charge is -2.30. The Balaban J connectivity index is 2.20. The highest BCUT2D eigenvalue weighted by Gasteiger charge is 2.22. The highest BCUT2D eigenvalue weighted by molar-refractivity contribution is 5.26. The highest BCUT2D eigenvalue weighted by atomic mass is 15.0. The number of rotatable bonds is 1. The third kappa shape index (κ3) is 1.97. The molecule has 2 unspecified atom stereocenters. The Bertz CT molecular complexity index is 309. The SMILES string of the molecule is Cc1cccc(C2NCCCC2N)c1. The average molecular weight is 190 g/mol. The fourth-order valence-electron chi connectivity index (χ4n) is 2.14. The molecule has 2 rings (SSSR count). The standard InChI is InChI=1S/C12H18N2/c1-9-4-2-5-10(8-9)12-11(13)6-3-7-14-12/h2,4-5,8,11-12,14H,3,6-7,13H2,1H3. The normalized spacial score (nSPS) is 27.6. The van der Waals surface area contributed by atoms with E-state index in [2.05, 4.69) is 36.5 Å². The van der Waals surface area contributed by atoms with E-state index in [1.807, 2.05) is 0 Å². The zero-order chi connectivity index (χ0) is 9.97. The van der Waals surface area contributed by atoms with Gasteiger partial charge in [0.05, 0.1) is 0 Å². The van der Waals surface area contributed by atoms with Gasteiger partial charge in [-0.1, -0.05) is 29.8 Å². The molecular weight excluding hydrogens is 172 g/mol. The van der Waals surface area contributed by atoms with Gasteiger partial charge in [0.1, 0.15) is 0 Å². The zero-order valence-electron chi connectivity index (χ0n) is 8.66. The van der Waals surface area contributed by atoms with Crippen LogP contribution in [0.1, 0.15) is 30.0 Å². The zero-order valence-corrected chi connectivity index (χ0v) is 8.66. The lowest BCUT2D eigenvalue weighted by atomic mass is 9.92. The molecule has 3 N–H and O–H groups in total. The highest BCUT2D eigenvalue weighted by Crippen LogP contribution is 2.22. The summed E-state index contributed by atoms with van der Waals surface area (Å²) in [6, 6.07) is 9.23. The lowest BCUT2D eigenvalue weighted by molar-refractivity contribution is 0.358. The van der Waals surface area contributed by atoms with Crippen LogP contribution in [0.2, 0.25) is 0 Å². The quantitative estimate of drug-likeness (QED) is 0.708. The summed E-state index contributed by atoms with van der Waals surface area (Å²) in [5, 5.41) is 3.49. The maximum absolute atomic E-state index is 6.10. The first-order chi connectivity index (χ1) is 6.77. The van der Waals surface area contributed by atoms with Crippen LogP contribution in [0, 0.1) is 6.92 Å². The fourth-order valence-corrected chi connectivity index (χ4v) is 2.14. The second-order valence-corrected chi connectivity index (χ2v) is 4.15. The number of aryl methyl sites for hydroxylation is 1. The molecule has 2 atom stereocenters. The van der Waals surface area contributed by atoms with Crippen LogP contribution in [0.15, 0.2) is 24.3 Å². The van der Waals surface area contributed by atoms with Crippen LogP contribution in [0.5, 0.6) is 0 Å². The molecule has 2 heteroatoms. The molecule has 1 fully saturated rings. The third-order valence-corrected chi connectivity index (χ3v) is 2.91. The molecule has 0 radical (unpaired) electrons. The molecule has 1 saturated heterocycles. The van der Waals surface area contributed by atoms with E-state index in [0.29, 0.717) is 6.04 Å². The van der Waals surface area contributed by atoms with E-state index < -0.39 is 0 Å². The van der Waals surface area contributed by atoms with Crippen molar-refractivity contribution in [3.05, 3.63) is 35.4 Å². The van der Waals surface area contributed by atoms with Gasteiger partial charge >= 0.3 is 0 Å². The second-order valence-electron chi connectivity index (χ2n) is 4.15. The van der Waals surface area contributed by atoms with Crippen LogP contribution >= 0.6 is 0 Å². The van der Waals surface area contributed by atoms with E-state index in [1.54, 1.807) is 0 Å². The minimum Gasteiger partial charge on any atom is -0.326 e. The molecule has 2 nitrogen and oxygen atoms in total. The molecule has 0 bridgehead atoms. The maximum atomic E-state index is 6.10. The van der Waals surface area contributed by atoms with Gasteiger partial charge < -0.3 is 11.1 Å². The van der Waals surface area contributed by atoms with Gasteiger partial charge in [0, 0.05) is 12.1 Å². The molecule has 0 spiro atoms. The van der Waals surface area contributed by atoms with Crippen molar-refractivity contribution in [2.75, 3.05) is 6.54 Å². The van der Waals surface area contributed by atoms with Gasteiger partial charge in [-0.25, -0.2) is 0 Å². The summed E-state index contributed by atoms with van der Waals surface area (Å²) < 4.78 is 0. The van der Waals surface area contributed by atoms with Crippen LogP contribution in [0.25, 0.3) is 0 Å². The largest absolute Gasteiger partial charge is 0.326 e. The lowest BCUT2D eigenvalue weighted by Crippen LogP contribution is -2.42. The monoisotopic (exact) mass is 190 g/mol. The molecule has 14 heavy (non-hydrogen) atoms. The Kier molecular flexibility index (Phi) is 2.85. The predicted molar refractivity (Wildman–Crippen MR) is 59.1 cm³/mol. The van der Waals surface area contributed by atoms with Gasteiger partial charge in [-0.05, 0) is 31.9 Å². The Hall–Kier alpha value is -0.860. The Morgan fingerprint density at radius 1 is 1.43 bits per heavy atom. The summed E-state index contributed by atoms with van der Waals surface area (Å²) in [7, 11) is 0. The number of nitrogens with one attached hydrogen (secondary N) is 1. The van der Waals surface area contributed by atoms with Gasteiger partial charge in [-0.2, -0.15) is 0 Å². The molecule has 1 aromatic rings. The number of benzene rings is 1. The van der Waals surface area contributed by atoms with Crippen molar-refractivity contribution in [2.24, 2.45) is 5.73 Å². The van der Waals surface area contributed by atoms with Crippen molar-refractivity contribution in [1.29, 1.82) is 0 Å². The van der Waals surface area contributed by atoms with E-state index in [-0.39, 0.29) is 6.04 Å². The molecule has 1 aliphatic heterocycles. The molecule has 0 amide bonds. The molecule has 0 saturated carbocycles. The first-order valence-corrected chi connectivity index (χ1v) is 5.33. The van der Waals surface area contributed by atoms with Gasteiger partial charge in [0.2, 0.25) is 0 Å². The number of piperidine rings is 1. The molecule has 0 aliphatic carbocycles. The van der Waals surface area contributed by atoms with E-state index >= 15 is 0 Å². The first kappa shape index (κ1) is 9.69. The van der Waals surface area contributed by atoms with Crippen LogP contribution in [0.3, 0.4) is 0 Å². The van der Waals surface area contributed by atoms with Crippen molar-refractivity contribution in [3.8, 4) is 0 Å². The van der Waals surface area contributed by atoms with Crippen molar-refractivity contribution in [2.45, 2.75) is 31.8 Å². The van der Waals surface area contributed by atoms with E-state index in [1.165, 1.54) is 17.5 Å². The molecule has 1 aromatic carbocycles. The van der Waals surface area contributed by atoms with E-state index in [4.69, 9.17) is 5.73 Å². The van der Waals surface area contributed by atoms with Gasteiger partial charge in [-0.3, -0.25) is 0 Å². The average Bonchev–Trinajstić information content (AvgIpc) is 2.18. The maximum Gasteiger partial charge on any atom is 0.0473 e. The van der Waals surface area contributed by atoms with Gasteiger partial charge in [0.15, 0.2) is 0 Å².